The SMILES string of the molecule is Cc1ncc(-c2nc(N3CCC(N)CC3)n[nH]2)s1. The molecule has 0 aromatic carbocycles. The summed E-state index contributed by atoms with van der Waals surface area (Å²) in [5.41, 5.74) is 5.89. The molecule has 3 rings (SSSR count). The molecule has 3 N–H and O–H groups in total. The Morgan fingerprint density at radius 3 is 2.89 bits per heavy atom. The van der Waals surface area contributed by atoms with Gasteiger partial charge in [-0.05, 0) is 19.8 Å². The maximum atomic E-state index is 5.89. The number of nitrogens with one attached hydrogen (secondary N) is 1. The fourth-order valence-electron chi connectivity index (χ4n) is 2.07. The Bertz CT molecular complexity index is 525. The van der Waals surface area contributed by atoms with Crippen molar-refractivity contribution in [1.29, 1.82) is 0 Å². The summed E-state index contributed by atoms with van der Waals surface area (Å²) in [6, 6.07) is 0.323. The lowest BCUT2D eigenvalue weighted by molar-refractivity contribution is 0.496. The number of nitrogens with two attached hydrogens (primary N) is 1. The number of rotatable bonds is 2. The lowest BCUT2D eigenvalue weighted by atomic mass is 10.1. The molecule has 3 heterocycles. The van der Waals surface area contributed by atoms with E-state index >= 15 is 0 Å². The first-order valence-electron chi connectivity index (χ1n) is 6.08. The summed E-state index contributed by atoms with van der Waals surface area (Å²) in [6.45, 7) is 3.85. The lowest BCUT2D eigenvalue weighted by Gasteiger charge is -2.28. The van der Waals surface area contributed by atoms with Crippen LogP contribution in [-0.4, -0.2) is 39.3 Å². The van der Waals surface area contributed by atoms with Crippen molar-refractivity contribution in [2.75, 3.05) is 18.0 Å². The molecule has 0 amide bonds. The molecule has 1 fully saturated rings. The van der Waals surface area contributed by atoms with E-state index in [0.29, 0.717) is 6.04 Å². The molecule has 18 heavy (non-hydrogen) atoms. The molecule has 2 aromatic heterocycles. The predicted octanol–water partition coefficient (Wildman–Crippen LogP) is 1.16. The first-order chi connectivity index (χ1) is 8.72. The predicted molar refractivity (Wildman–Crippen MR) is 71.7 cm³/mol. The summed E-state index contributed by atoms with van der Waals surface area (Å²) in [5, 5.41) is 8.29. The zero-order chi connectivity index (χ0) is 12.5. The van der Waals surface area contributed by atoms with E-state index in [1.807, 2.05) is 13.1 Å². The van der Waals surface area contributed by atoms with Gasteiger partial charge in [0.05, 0.1) is 9.88 Å². The Hall–Kier alpha value is -1.47. The van der Waals surface area contributed by atoms with Crippen LogP contribution in [0.4, 0.5) is 5.95 Å². The van der Waals surface area contributed by atoms with Crippen LogP contribution >= 0.6 is 11.3 Å². The van der Waals surface area contributed by atoms with Crippen molar-refractivity contribution < 1.29 is 0 Å². The second-order valence-corrected chi connectivity index (χ2v) is 5.79. The number of nitrogens with zero attached hydrogens (tertiary/aromatic N) is 4. The molecule has 1 aliphatic rings. The van der Waals surface area contributed by atoms with Gasteiger partial charge >= 0.3 is 0 Å². The average molecular weight is 264 g/mol. The van der Waals surface area contributed by atoms with E-state index < -0.39 is 0 Å². The van der Waals surface area contributed by atoms with Crippen LogP contribution in [0.5, 0.6) is 0 Å². The molecule has 2 aromatic rings. The van der Waals surface area contributed by atoms with Crippen LogP contribution in [-0.2, 0) is 0 Å². The highest BCUT2D eigenvalue weighted by Gasteiger charge is 2.20. The summed E-state index contributed by atoms with van der Waals surface area (Å²) >= 11 is 1.62. The van der Waals surface area contributed by atoms with Gasteiger partial charge in [-0.1, -0.05) is 0 Å². The molecule has 0 spiro atoms. The van der Waals surface area contributed by atoms with Gasteiger partial charge in [0.1, 0.15) is 0 Å². The summed E-state index contributed by atoms with van der Waals surface area (Å²) in [7, 11) is 0. The minimum Gasteiger partial charge on any atom is -0.339 e. The van der Waals surface area contributed by atoms with Gasteiger partial charge in [0.25, 0.3) is 0 Å². The molecule has 0 radical (unpaired) electrons. The first kappa shape index (κ1) is 11.6. The van der Waals surface area contributed by atoms with Gasteiger partial charge in [-0.15, -0.1) is 16.4 Å². The van der Waals surface area contributed by atoms with E-state index in [-0.39, 0.29) is 0 Å². The molecule has 1 saturated heterocycles. The van der Waals surface area contributed by atoms with E-state index in [0.717, 1.165) is 47.6 Å². The second-order valence-electron chi connectivity index (χ2n) is 4.55. The van der Waals surface area contributed by atoms with Gasteiger partial charge in [0.15, 0.2) is 5.82 Å². The van der Waals surface area contributed by atoms with Crippen molar-refractivity contribution in [2.45, 2.75) is 25.8 Å². The Labute approximate surface area is 109 Å². The van der Waals surface area contributed by atoms with Crippen LogP contribution in [0.2, 0.25) is 0 Å². The van der Waals surface area contributed by atoms with E-state index in [1.165, 1.54) is 0 Å². The Kier molecular flexibility index (Phi) is 3.00. The fourth-order valence-corrected chi connectivity index (χ4v) is 2.79. The molecular formula is C11H16N6S. The number of anilines is 1. The quantitative estimate of drug-likeness (QED) is 0.850. The molecule has 0 unspecified atom stereocenters. The summed E-state index contributed by atoms with van der Waals surface area (Å²) < 4.78 is 0. The van der Waals surface area contributed by atoms with Crippen LogP contribution in [0.15, 0.2) is 6.20 Å². The maximum absolute atomic E-state index is 5.89. The van der Waals surface area contributed by atoms with Crippen molar-refractivity contribution in [3.63, 3.8) is 0 Å². The number of aromatic nitrogens is 4. The maximum Gasteiger partial charge on any atom is 0.245 e. The van der Waals surface area contributed by atoms with Crippen molar-refractivity contribution >= 4 is 17.3 Å². The third-order valence-corrected chi connectivity index (χ3v) is 4.07. The van der Waals surface area contributed by atoms with E-state index in [2.05, 4.69) is 25.1 Å². The van der Waals surface area contributed by atoms with Gasteiger partial charge < -0.3 is 10.6 Å². The monoisotopic (exact) mass is 264 g/mol. The Balaban J connectivity index is 1.77. The van der Waals surface area contributed by atoms with Gasteiger partial charge in [-0.25, -0.2) is 4.98 Å². The summed E-state index contributed by atoms with van der Waals surface area (Å²) in [5.74, 6) is 1.56. The van der Waals surface area contributed by atoms with Gasteiger partial charge in [-0.2, -0.15) is 4.98 Å². The van der Waals surface area contributed by atoms with Crippen molar-refractivity contribution in [2.24, 2.45) is 5.73 Å². The number of thiazole rings is 1. The molecule has 7 heteroatoms. The Morgan fingerprint density at radius 2 is 2.22 bits per heavy atom. The third kappa shape index (κ3) is 2.23. The van der Waals surface area contributed by atoms with Crippen LogP contribution in [0, 0.1) is 6.92 Å². The number of hydrogen-bond donors (Lipinski definition) is 2. The lowest BCUT2D eigenvalue weighted by Crippen LogP contribution is -2.40. The smallest absolute Gasteiger partial charge is 0.245 e. The molecule has 0 saturated carbocycles. The normalized spacial score (nSPS) is 17.3. The van der Waals surface area contributed by atoms with Crippen LogP contribution in [0.3, 0.4) is 0 Å². The minimum atomic E-state index is 0.323. The average Bonchev–Trinajstić information content (AvgIpc) is 2.98. The van der Waals surface area contributed by atoms with Crippen molar-refractivity contribution in [3.05, 3.63) is 11.2 Å². The number of hydrogen-bond acceptors (Lipinski definition) is 6. The third-order valence-electron chi connectivity index (χ3n) is 3.15. The molecule has 0 atom stereocenters. The highest BCUT2D eigenvalue weighted by molar-refractivity contribution is 7.14. The zero-order valence-electron chi connectivity index (χ0n) is 10.3. The standard InChI is InChI=1S/C11H16N6S/c1-7-13-6-9(18-7)10-14-11(16-15-10)17-4-2-8(12)3-5-17/h6,8H,2-5,12H2,1H3,(H,14,15,16). The van der Waals surface area contributed by atoms with Crippen molar-refractivity contribution in [3.8, 4) is 10.7 Å². The largest absolute Gasteiger partial charge is 0.339 e. The number of piperidine rings is 1. The number of H-pyrrole nitrogens is 1. The number of aryl methyl sites for hydroxylation is 1. The second kappa shape index (κ2) is 4.66. The van der Waals surface area contributed by atoms with Gasteiger partial charge in [0.2, 0.25) is 5.95 Å². The van der Waals surface area contributed by atoms with Crippen LogP contribution in [0.25, 0.3) is 10.7 Å². The molecule has 1 aliphatic heterocycles. The summed E-state index contributed by atoms with van der Waals surface area (Å²) in [6.07, 6.45) is 3.84. The van der Waals surface area contributed by atoms with Gasteiger partial charge in [-0.3, -0.25) is 5.10 Å². The van der Waals surface area contributed by atoms with E-state index in [4.69, 9.17) is 5.73 Å². The fraction of sp³-hybridized carbons (Fsp3) is 0.545. The first-order valence-corrected chi connectivity index (χ1v) is 6.90. The van der Waals surface area contributed by atoms with Gasteiger partial charge in [0, 0.05) is 25.3 Å². The Morgan fingerprint density at radius 1 is 1.44 bits per heavy atom. The van der Waals surface area contributed by atoms with E-state index in [9.17, 15) is 0 Å². The molecule has 6 nitrogen and oxygen atoms in total. The molecular weight excluding hydrogens is 248 g/mol. The van der Waals surface area contributed by atoms with Crippen molar-refractivity contribution in [1.82, 2.24) is 20.2 Å². The molecule has 0 aliphatic carbocycles. The zero-order valence-corrected chi connectivity index (χ0v) is 11.1. The summed E-state index contributed by atoms with van der Waals surface area (Å²) in [4.78, 5) is 12.0. The molecule has 0 bridgehead atoms. The number of aromatic amines is 1. The molecule has 96 valence electrons. The highest BCUT2D eigenvalue weighted by Crippen LogP contribution is 2.24. The van der Waals surface area contributed by atoms with Crippen LogP contribution in [0.1, 0.15) is 17.8 Å². The topological polar surface area (TPSA) is 83.7 Å². The highest BCUT2D eigenvalue weighted by atomic mass is 32.1. The van der Waals surface area contributed by atoms with Crippen LogP contribution < -0.4 is 10.6 Å². The minimum absolute atomic E-state index is 0.323. The van der Waals surface area contributed by atoms with E-state index in [1.54, 1.807) is 11.3 Å².